The van der Waals surface area contributed by atoms with Crippen molar-refractivity contribution in [2.75, 3.05) is 13.6 Å². The fourth-order valence-electron chi connectivity index (χ4n) is 4.15. The molecule has 172 valence electrons. The normalized spacial score (nSPS) is 19.6. The van der Waals surface area contributed by atoms with E-state index in [0.717, 1.165) is 0 Å². The van der Waals surface area contributed by atoms with E-state index in [9.17, 15) is 19.5 Å². The van der Waals surface area contributed by atoms with Gasteiger partial charge >= 0.3 is 0 Å². The summed E-state index contributed by atoms with van der Waals surface area (Å²) in [5, 5.41) is 21.2. The number of β-amino-alcohol motifs (C(OH)–C–C–N with tert-alkyl or cyclic N) is 1. The average molecular weight is 443 g/mol. The zero-order valence-corrected chi connectivity index (χ0v) is 18.8. The molecule has 3 rings (SSSR count). The number of rotatable bonds is 6. The van der Waals surface area contributed by atoms with Gasteiger partial charge in [0.25, 0.3) is 0 Å². The van der Waals surface area contributed by atoms with Crippen molar-refractivity contribution in [1.82, 2.24) is 25.2 Å². The first kappa shape index (κ1) is 23.4. The maximum Gasteiger partial charge on any atom is 0.248 e. The number of amides is 3. The standard InChI is InChI=1S/C22H30N6O4/c1-22(2,3)19(21(32)27-11-14(29)10-17(27)20(31)24-4)28-12-16(25-26-28)15-8-6-5-7-13(15)9-18(23)30/h5-8,12,14,17,19,29H,9-11H2,1-4H3,(H2,23,30)(H,24,31)/t14?,17-,19?/m1/s1. The largest absolute Gasteiger partial charge is 0.391 e. The Balaban J connectivity index is 1.97. The van der Waals surface area contributed by atoms with Gasteiger partial charge in [-0.15, -0.1) is 5.10 Å². The summed E-state index contributed by atoms with van der Waals surface area (Å²) in [6, 6.07) is 5.75. The Bertz CT molecular complexity index is 1010. The van der Waals surface area contributed by atoms with Crippen LogP contribution >= 0.6 is 0 Å². The van der Waals surface area contributed by atoms with Crippen LogP contribution in [0.4, 0.5) is 0 Å². The van der Waals surface area contributed by atoms with Gasteiger partial charge in [0.1, 0.15) is 17.8 Å². The molecule has 10 heteroatoms. The van der Waals surface area contributed by atoms with Crippen LogP contribution in [0.25, 0.3) is 11.3 Å². The van der Waals surface area contributed by atoms with Gasteiger partial charge in [0, 0.05) is 25.6 Å². The Labute approximate surface area is 186 Å². The van der Waals surface area contributed by atoms with E-state index in [4.69, 9.17) is 5.73 Å². The molecule has 1 fully saturated rings. The molecule has 3 amide bonds. The highest BCUT2D eigenvalue weighted by molar-refractivity contribution is 5.90. The van der Waals surface area contributed by atoms with Crippen molar-refractivity contribution in [2.24, 2.45) is 11.1 Å². The number of likely N-dealkylation sites (N-methyl/N-ethyl adjacent to an activating group) is 1. The van der Waals surface area contributed by atoms with Crippen molar-refractivity contribution >= 4 is 17.7 Å². The predicted octanol–water partition coefficient (Wildman–Crippen LogP) is 0.268. The summed E-state index contributed by atoms with van der Waals surface area (Å²) in [6.07, 6.45) is 1.14. The summed E-state index contributed by atoms with van der Waals surface area (Å²) in [6.45, 7) is 5.78. The van der Waals surface area contributed by atoms with E-state index in [1.54, 1.807) is 12.3 Å². The number of nitrogens with zero attached hydrogens (tertiary/aromatic N) is 4. The summed E-state index contributed by atoms with van der Waals surface area (Å²) >= 11 is 0. The second-order valence-corrected chi connectivity index (χ2v) is 9.16. The fraction of sp³-hybridized carbons (Fsp3) is 0.500. The van der Waals surface area contributed by atoms with Gasteiger partial charge in [-0.25, -0.2) is 4.68 Å². The van der Waals surface area contributed by atoms with Gasteiger partial charge in [-0.05, 0) is 11.0 Å². The zero-order chi connectivity index (χ0) is 23.6. The third kappa shape index (κ3) is 4.80. The number of benzene rings is 1. The minimum absolute atomic E-state index is 0.0597. The minimum Gasteiger partial charge on any atom is -0.391 e. The van der Waals surface area contributed by atoms with E-state index in [0.29, 0.717) is 16.8 Å². The fourth-order valence-corrected chi connectivity index (χ4v) is 4.15. The van der Waals surface area contributed by atoms with Gasteiger partial charge in [0.05, 0.1) is 18.7 Å². The number of nitrogens with two attached hydrogens (primary N) is 1. The zero-order valence-electron chi connectivity index (χ0n) is 18.8. The lowest BCUT2D eigenvalue weighted by Gasteiger charge is -2.34. The van der Waals surface area contributed by atoms with Gasteiger partial charge in [-0.2, -0.15) is 0 Å². The molecule has 0 saturated carbocycles. The Morgan fingerprint density at radius 3 is 2.59 bits per heavy atom. The van der Waals surface area contributed by atoms with Gasteiger partial charge < -0.3 is 21.1 Å². The molecule has 2 unspecified atom stereocenters. The van der Waals surface area contributed by atoms with E-state index in [-0.39, 0.29) is 31.2 Å². The highest BCUT2D eigenvalue weighted by atomic mass is 16.3. The summed E-state index contributed by atoms with van der Waals surface area (Å²) in [5.74, 6) is -1.09. The molecular formula is C22H30N6O4. The van der Waals surface area contributed by atoms with Crippen LogP contribution in [-0.4, -0.2) is 68.5 Å². The molecule has 1 aromatic carbocycles. The van der Waals surface area contributed by atoms with E-state index in [1.807, 2.05) is 39.0 Å². The van der Waals surface area contributed by atoms with Crippen LogP contribution in [-0.2, 0) is 20.8 Å². The van der Waals surface area contributed by atoms with Gasteiger partial charge in [-0.1, -0.05) is 50.3 Å². The molecule has 0 spiro atoms. The number of carbonyl (C=O) groups excluding carboxylic acids is 3. The van der Waals surface area contributed by atoms with Crippen LogP contribution in [0.5, 0.6) is 0 Å². The molecule has 0 aliphatic carbocycles. The summed E-state index contributed by atoms with van der Waals surface area (Å²) in [4.78, 5) is 38.8. The SMILES string of the molecule is CNC(=O)[C@H]1CC(O)CN1C(=O)C(n1cc(-c2ccccc2CC(N)=O)nn1)C(C)(C)C. The molecule has 3 atom stereocenters. The van der Waals surface area contributed by atoms with Crippen LogP contribution in [0.15, 0.2) is 30.5 Å². The lowest BCUT2D eigenvalue weighted by Crippen LogP contribution is -2.49. The monoisotopic (exact) mass is 442 g/mol. The first-order valence-corrected chi connectivity index (χ1v) is 10.5. The third-order valence-corrected chi connectivity index (χ3v) is 5.60. The molecule has 32 heavy (non-hydrogen) atoms. The molecule has 1 aliphatic rings. The second kappa shape index (κ2) is 9.07. The number of primary amides is 1. The summed E-state index contributed by atoms with van der Waals surface area (Å²) in [7, 11) is 1.50. The van der Waals surface area contributed by atoms with Crippen molar-refractivity contribution < 1.29 is 19.5 Å². The Morgan fingerprint density at radius 2 is 1.97 bits per heavy atom. The van der Waals surface area contributed by atoms with Crippen LogP contribution in [0, 0.1) is 5.41 Å². The van der Waals surface area contributed by atoms with E-state index in [1.165, 1.54) is 16.6 Å². The number of aliphatic hydroxyl groups is 1. The van der Waals surface area contributed by atoms with Crippen molar-refractivity contribution in [3.8, 4) is 11.3 Å². The smallest absolute Gasteiger partial charge is 0.248 e. The first-order valence-electron chi connectivity index (χ1n) is 10.5. The number of aliphatic hydroxyl groups excluding tert-OH is 1. The maximum atomic E-state index is 13.6. The maximum absolute atomic E-state index is 13.6. The van der Waals surface area contributed by atoms with Crippen molar-refractivity contribution in [3.63, 3.8) is 0 Å². The molecule has 0 radical (unpaired) electrons. The Kier molecular flexibility index (Phi) is 6.63. The van der Waals surface area contributed by atoms with E-state index >= 15 is 0 Å². The Morgan fingerprint density at radius 1 is 1.28 bits per heavy atom. The highest BCUT2D eigenvalue weighted by Crippen LogP contribution is 2.35. The third-order valence-electron chi connectivity index (χ3n) is 5.60. The summed E-state index contributed by atoms with van der Waals surface area (Å²) < 4.78 is 1.49. The average Bonchev–Trinajstić information content (AvgIpc) is 3.33. The molecule has 1 saturated heterocycles. The molecule has 10 nitrogen and oxygen atoms in total. The number of likely N-dealkylation sites (tertiary alicyclic amines) is 1. The van der Waals surface area contributed by atoms with Crippen LogP contribution in [0.3, 0.4) is 0 Å². The number of carbonyl (C=O) groups is 3. The quantitative estimate of drug-likeness (QED) is 0.586. The number of aromatic nitrogens is 3. The number of nitrogens with one attached hydrogen (secondary N) is 1. The highest BCUT2D eigenvalue weighted by Gasteiger charge is 2.45. The molecule has 0 bridgehead atoms. The second-order valence-electron chi connectivity index (χ2n) is 9.16. The van der Waals surface area contributed by atoms with Crippen LogP contribution in [0.2, 0.25) is 0 Å². The molecule has 1 aromatic heterocycles. The number of hydrogen-bond donors (Lipinski definition) is 3. The molecule has 2 heterocycles. The van der Waals surface area contributed by atoms with Gasteiger partial charge in [0.15, 0.2) is 0 Å². The van der Waals surface area contributed by atoms with Crippen LogP contribution < -0.4 is 11.1 Å². The van der Waals surface area contributed by atoms with E-state index in [2.05, 4.69) is 15.6 Å². The molecule has 4 N–H and O–H groups in total. The topological polar surface area (TPSA) is 143 Å². The van der Waals surface area contributed by atoms with Crippen molar-refractivity contribution in [3.05, 3.63) is 36.0 Å². The predicted molar refractivity (Wildman–Crippen MR) is 117 cm³/mol. The Hall–Kier alpha value is -3.27. The number of hydrogen-bond acceptors (Lipinski definition) is 6. The van der Waals surface area contributed by atoms with Crippen molar-refractivity contribution in [1.29, 1.82) is 0 Å². The van der Waals surface area contributed by atoms with Crippen molar-refractivity contribution in [2.45, 2.75) is 51.8 Å². The minimum atomic E-state index is -0.770. The van der Waals surface area contributed by atoms with Crippen LogP contribution in [0.1, 0.15) is 38.8 Å². The molecule has 2 aromatic rings. The molecule has 1 aliphatic heterocycles. The van der Waals surface area contributed by atoms with E-state index < -0.39 is 29.5 Å². The summed E-state index contributed by atoms with van der Waals surface area (Å²) in [5.41, 5.74) is 6.74. The lowest BCUT2D eigenvalue weighted by molar-refractivity contribution is -0.144. The van der Waals surface area contributed by atoms with Gasteiger partial charge in [0.2, 0.25) is 17.7 Å². The van der Waals surface area contributed by atoms with Gasteiger partial charge in [-0.3, -0.25) is 14.4 Å². The lowest BCUT2D eigenvalue weighted by atomic mass is 9.85. The first-order chi connectivity index (χ1) is 15.0. The molecular weight excluding hydrogens is 412 g/mol.